The van der Waals surface area contributed by atoms with E-state index < -0.39 is 29.7 Å². The molecule has 11 heteroatoms. The van der Waals surface area contributed by atoms with Crippen LogP contribution < -0.4 is 5.32 Å². The molecular formula is C24H34N4O7. The molecule has 192 valence electrons. The highest BCUT2D eigenvalue weighted by Crippen LogP contribution is 2.59. The van der Waals surface area contributed by atoms with Crippen LogP contribution in [0.15, 0.2) is 17.5 Å². The zero-order valence-electron chi connectivity index (χ0n) is 20.4. The number of rotatable bonds is 7. The average molecular weight is 491 g/mol. The summed E-state index contributed by atoms with van der Waals surface area (Å²) in [5.74, 6) is -0.943. The van der Waals surface area contributed by atoms with Crippen molar-refractivity contribution in [1.29, 1.82) is 0 Å². The lowest BCUT2D eigenvalue weighted by atomic mass is 9.58. The topological polar surface area (TPSA) is 144 Å². The number of aliphatic carboxylic acids is 1. The van der Waals surface area contributed by atoms with E-state index in [-0.39, 0.29) is 43.0 Å². The number of carboxylic acid groups (broad SMARTS) is 1. The molecule has 2 bridgehead atoms. The minimum absolute atomic E-state index is 0.0221. The van der Waals surface area contributed by atoms with Crippen LogP contribution in [0.1, 0.15) is 58.6 Å². The van der Waals surface area contributed by atoms with Crippen LogP contribution in [-0.4, -0.2) is 63.1 Å². The van der Waals surface area contributed by atoms with Gasteiger partial charge in [0, 0.05) is 48.9 Å². The number of H-pyrrole nitrogens is 1. The molecule has 0 aromatic carbocycles. The van der Waals surface area contributed by atoms with Gasteiger partial charge in [0.1, 0.15) is 6.04 Å². The third-order valence-corrected chi connectivity index (χ3v) is 8.22. The van der Waals surface area contributed by atoms with Crippen LogP contribution in [0.25, 0.3) is 0 Å². The Labute approximate surface area is 203 Å². The summed E-state index contributed by atoms with van der Waals surface area (Å²) in [6.07, 6.45) is 6.30. The Kier molecular flexibility index (Phi) is 6.35. The number of aliphatic imine (C=N–C) groups is 1. The zero-order chi connectivity index (χ0) is 24.8. The fourth-order valence-corrected chi connectivity index (χ4v) is 6.31. The summed E-state index contributed by atoms with van der Waals surface area (Å²) in [4.78, 5) is 47.3. The van der Waals surface area contributed by atoms with Crippen molar-refractivity contribution in [2.24, 2.45) is 28.7 Å². The molecule has 6 rings (SSSR count). The summed E-state index contributed by atoms with van der Waals surface area (Å²) in [6, 6.07) is -1.05. The number of carboxylic acids is 1. The molecule has 1 aromatic heterocycles. The first kappa shape index (κ1) is 24.2. The quantitative estimate of drug-likeness (QED) is 0.494. The second kappa shape index (κ2) is 9.18. The molecule has 8 atom stereocenters. The molecule has 1 aromatic rings. The Bertz CT molecular complexity index is 985. The van der Waals surface area contributed by atoms with Crippen LogP contribution in [-0.2, 0) is 35.3 Å². The standard InChI is InChI=1S/C24H34N4O7/c1-13-4-5-17-14(2)20(32-22-24(17)16(13)6-8-23(3,33-22)34-35-24)26-9-7-19(29)28-18(21(30)31)10-15-11-25-12-27-15/h11-14,16-18,22H,4-10H2,1-3H3,(H,25,27)(H,28,29)(H,30,31)/t13-,14-,16+,17+,18+,22-,23-,24-/m1/s1. The molecule has 1 spiro atoms. The third kappa shape index (κ3) is 4.34. The van der Waals surface area contributed by atoms with Gasteiger partial charge in [0.05, 0.1) is 12.9 Å². The van der Waals surface area contributed by atoms with E-state index in [1.54, 1.807) is 0 Å². The Balaban J connectivity index is 1.26. The van der Waals surface area contributed by atoms with Crippen LogP contribution in [0.3, 0.4) is 0 Å². The van der Waals surface area contributed by atoms with E-state index in [1.165, 1.54) is 12.5 Å². The van der Waals surface area contributed by atoms with Gasteiger partial charge in [0.15, 0.2) is 11.5 Å². The Morgan fingerprint density at radius 3 is 2.86 bits per heavy atom. The molecule has 5 aliphatic rings. The second-order valence-electron chi connectivity index (χ2n) is 10.5. The molecule has 4 saturated heterocycles. The first-order chi connectivity index (χ1) is 16.7. The number of ether oxygens (including phenoxy) is 2. The smallest absolute Gasteiger partial charge is 0.326 e. The van der Waals surface area contributed by atoms with E-state index in [1.807, 2.05) is 6.92 Å². The fourth-order valence-electron chi connectivity index (χ4n) is 6.31. The van der Waals surface area contributed by atoms with Crippen molar-refractivity contribution in [2.75, 3.05) is 6.54 Å². The lowest BCUT2D eigenvalue weighted by Gasteiger charge is -2.58. The van der Waals surface area contributed by atoms with Crippen molar-refractivity contribution in [3.63, 3.8) is 0 Å². The number of nitrogens with zero attached hydrogens (tertiary/aromatic N) is 2. The fraction of sp³-hybridized carbons (Fsp3) is 0.750. The third-order valence-electron chi connectivity index (χ3n) is 8.22. The minimum Gasteiger partial charge on any atom is -0.480 e. The number of aromatic nitrogens is 2. The van der Waals surface area contributed by atoms with Crippen molar-refractivity contribution in [1.82, 2.24) is 15.3 Å². The molecular weight excluding hydrogens is 456 g/mol. The number of hydrogen-bond acceptors (Lipinski definition) is 8. The first-order valence-electron chi connectivity index (χ1n) is 12.5. The predicted molar refractivity (Wildman–Crippen MR) is 122 cm³/mol. The highest BCUT2D eigenvalue weighted by Gasteiger charge is 2.69. The van der Waals surface area contributed by atoms with Crippen LogP contribution in [0.2, 0.25) is 0 Å². The Hall–Kier alpha value is -2.50. The van der Waals surface area contributed by atoms with E-state index in [9.17, 15) is 14.7 Å². The van der Waals surface area contributed by atoms with Gasteiger partial charge in [0.2, 0.25) is 18.0 Å². The Morgan fingerprint density at radius 1 is 1.29 bits per heavy atom. The summed E-state index contributed by atoms with van der Waals surface area (Å²) in [7, 11) is 0. The number of fused-ring (bicyclic) bond motifs is 2. The molecule has 0 unspecified atom stereocenters. The van der Waals surface area contributed by atoms with E-state index in [2.05, 4.69) is 34.1 Å². The summed E-state index contributed by atoms with van der Waals surface area (Å²) in [5.41, 5.74) is -0.0285. The molecule has 5 heterocycles. The molecule has 0 radical (unpaired) electrons. The number of amides is 1. The molecule has 4 aliphatic heterocycles. The zero-order valence-corrected chi connectivity index (χ0v) is 20.4. The van der Waals surface area contributed by atoms with Crippen molar-refractivity contribution in [2.45, 2.75) is 83.0 Å². The largest absolute Gasteiger partial charge is 0.480 e. The van der Waals surface area contributed by atoms with Crippen molar-refractivity contribution < 1.29 is 33.9 Å². The lowest BCUT2D eigenvalue weighted by molar-refractivity contribution is -0.557. The van der Waals surface area contributed by atoms with E-state index in [0.717, 1.165) is 25.7 Å². The highest BCUT2D eigenvalue weighted by molar-refractivity contribution is 5.84. The van der Waals surface area contributed by atoms with Gasteiger partial charge in [-0.2, -0.15) is 0 Å². The second-order valence-corrected chi connectivity index (χ2v) is 10.5. The summed E-state index contributed by atoms with van der Waals surface area (Å²) < 4.78 is 12.6. The van der Waals surface area contributed by atoms with Crippen LogP contribution in [0.5, 0.6) is 0 Å². The van der Waals surface area contributed by atoms with Crippen molar-refractivity contribution in [3.8, 4) is 0 Å². The van der Waals surface area contributed by atoms with Gasteiger partial charge in [-0.1, -0.05) is 13.8 Å². The maximum atomic E-state index is 12.5. The maximum absolute atomic E-state index is 12.5. The summed E-state index contributed by atoms with van der Waals surface area (Å²) in [5, 5.41) is 12.0. The van der Waals surface area contributed by atoms with Gasteiger partial charge in [-0.15, -0.1) is 0 Å². The summed E-state index contributed by atoms with van der Waals surface area (Å²) >= 11 is 0. The van der Waals surface area contributed by atoms with E-state index in [4.69, 9.17) is 19.2 Å². The van der Waals surface area contributed by atoms with Crippen LogP contribution in [0, 0.1) is 23.7 Å². The van der Waals surface area contributed by atoms with Gasteiger partial charge in [-0.3, -0.25) is 9.79 Å². The number of carbonyl (C=O) groups excluding carboxylic acids is 1. The van der Waals surface area contributed by atoms with E-state index in [0.29, 0.717) is 17.5 Å². The van der Waals surface area contributed by atoms with Gasteiger partial charge < -0.3 is 24.9 Å². The Morgan fingerprint density at radius 2 is 2.11 bits per heavy atom. The number of carbonyl (C=O) groups is 2. The van der Waals surface area contributed by atoms with Gasteiger partial charge >= 0.3 is 5.97 Å². The molecule has 11 nitrogen and oxygen atoms in total. The maximum Gasteiger partial charge on any atom is 0.326 e. The number of aromatic amines is 1. The first-order valence-corrected chi connectivity index (χ1v) is 12.5. The lowest BCUT2D eigenvalue weighted by Crippen LogP contribution is -2.69. The monoisotopic (exact) mass is 490 g/mol. The molecule has 5 fully saturated rings. The normalized spacial score (nSPS) is 39.9. The van der Waals surface area contributed by atoms with Crippen molar-refractivity contribution >= 4 is 17.8 Å². The van der Waals surface area contributed by atoms with Gasteiger partial charge in [-0.25, -0.2) is 19.6 Å². The molecule has 1 saturated carbocycles. The highest BCUT2D eigenvalue weighted by atomic mass is 17.3. The molecule has 1 amide bonds. The number of hydrogen-bond donors (Lipinski definition) is 3. The minimum atomic E-state index is -1.11. The van der Waals surface area contributed by atoms with Crippen LogP contribution >= 0.6 is 0 Å². The molecule has 35 heavy (non-hydrogen) atoms. The van der Waals surface area contributed by atoms with Gasteiger partial charge in [0.25, 0.3) is 0 Å². The summed E-state index contributed by atoms with van der Waals surface area (Å²) in [6.45, 7) is 6.40. The average Bonchev–Trinajstić information content (AvgIpc) is 3.22. The number of imidazole rings is 1. The molecule has 1 aliphatic carbocycles. The molecule has 3 N–H and O–H groups in total. The van der Waals surface area contributed by atoms with Crippen LogP contribution in [0.4, 0.5) is 0 Å². The van der Waals surface area contributed by atoms with E-state index >= 15 is 0 Å². The van der Waals surface area contributed by atoms with Crippen molar-refractivity contribution in [3.05, 3.63) is 18.2 Å². The number of nitrogens with one attached hydrogen (secondary N) is 2. The SMILES string of the molecule is C[C@@H]1CC[C@H]2[C@@H](C)C(=NCCC(=O)N[C@@H](Cc3cnc[nH]3)C(=O)O)O[C@@H]3O[C@@]4(C)CC[C@@H]1[C@]32OO4. The predicted octanol–water partition coefficient (Wildman–Crippen LogP) is 2.19. The van der Waals surface area contributed by atoms with Gasteiger partial charge in [-0.05, 0) is 32.1 Å².